The maximum absolute atomic E-state index is 11.1. The molecule has 0 unspecified atom stereocenters. The second kappa shape index (κ2) is 5.79. The van der Waals surface area contributed by atoms with E-state index < -0.39 is 0 Å². The van der Waals surface area contributed by atoms with Gasteiger partial charge in [-0.25, -0.2) is 0 Å². The van der Waals surface area contributed by atoms with E-state index in [0.717, 1.165) is 0 Å². The Hall–Kier alpha value is -1.79. The molecule has 6 N–H and O–H groups in total. The van der Waals surface area contributed by atoms with Crippen molar-refractivity contribution in [2.75, 3.05) is 20.6 Å². The highest BCUT2D eigenvalue weighted by molar-refractivity contribution is 5.92. The van der Waals surface area contributed by atoms with Gasteiger partial charge in [0.25, 0.3) is 0 Å². The van der Waals surface area contributed by atoms with Gasteiger partial charge in [-0.3, -0.25) is 9.79 Å². The Morgan fingerprint density at radius 2 is 1.86 bits per heavy atom. The number of rotatable bonds is 3. The van der Waals surface area contributed by atoms with E-state index in [1.807, 2.05) is 0 Å². The molecule has 7 nitrogen and oxygen atoms in total. The third-order valence-corrected chi connectivity index (χ3v) is 1.34. The van der Waals surface area contributed by atoms with Gasteiger partial charge in [0.2, 0.25) is 11.9 Å². The van der Waals surface area contributed by atoms with Gasteiger partial charge in [0.15, 0.2) is 5.96 Å². The smallest absolute Gasteiger partial charge is 0.223 e. The maximum Gasteiger partial charge on any atom is 0.223 e. The molecule has 0 bridgehead atoms. The van der Waals surface area contributed by atoms with E-state index in [0.29, 0.717) is 0 Å². The van der Waals surface area contributed by atoms with Crippen molar-refractivity contribution in [3.8, 4) is 0 Å². The van der Waals surface area contributed by atoms with E-state index in [1.165, 1.54) is 4.90 Å². The minimum atomic E-state index is -0.148. The second-order valence-electron chi connectivity index (χ2n) is 2.81. The molecule has 0 fully saturated rings. The molecule has 0 aliphatic heterocycles. The number of aliphatic imine (C=N–C) groups is 2. The number of amides is 1. The van der Waals surface area contributed by atoms with E-state index >= 15 is 0 Å². The lowest BCUT2D eigenvalue weighted by atomic mass is 10.4. The van der Waals surface area contributed by atoms with Crippen LogP contribution >= 0.6 is 0 Å². The molecule has 0 aromatic heterocycles. The summed E-state index contributed by atoms with van der Waals surface area (Å²) >= 11 is 0. The zero-order chi connectivity index (χ0) is 11.1. The van der Waals surface area contributed by atoms with Crippen LogP contribution in [0.25, 0.3) is 0 Å². The SMILES string of the molecule is CN(C)C(=O)CCN=C(N)N=C(N)N. The Morgan fingerprint density at radius 1 is 1.29 bits per heavy atom. The van der Waals surface area contributed by atoms with E-state index in [1.54, 1.807) is 14.1 Å². The van der Waals surface area contributed by atoms with Gasteiger partial charge in [-0.1, -0.05) is 0 Å². The predicted octanol–water partition coefficient (Wildman–Crippen LogP) is -1.95. The predicted molar refractivity (Wildman–Crippen MR) is 55.6 cm³/mol. The van der Waals surface area contributed by atoms with Crippen LogP contribution in [0.2, 0.25) is 0 Å². The lowest BCUT2D eigenvalue weighted by Crippen LogP contribution is -2.27. The second-order valence-corrected chi connectivity index (χ2v) is 2.81. The molecule has 0 aromatic rings. The molecule has 80 valence electrons. The molecule has 0 radical (unpaired) electrons. The normalized spacial score (nSPS) is 10.9. The molecule has 0 atom stereocenters. The number of carbonyl (C=O) groups excluding carboxylic acids is 1. The summed E-state index contributed by atoms with van der Waals surface area (Å²) in [4.78, 5) is 19.8. The minimum absolute atomic E-state index is 0.0171. The summed E-state index contributed by atoms with van der Waals surface area (Å²) in [6.07, 6.45) is 0.285. The molecule has 0 spiro atoms. The number of nitrogens with two attached hydrogens (primary N) is 3. The topological polar surface area (TPSA) is 123 Å². The third-order valence-electron chi connectivity index (χ3n) is 1.34. The summed E-state index contributed by atoms with van der Waals surface area (Å²) in [7, 11) is 3.34. The Balaban J connectivity index is 3.94. The zero-order valence-electron chi connectivity index (χ0n) is 8.40. The van der Waals surface area contributed by atoms with Gasteiger partial charge in [-0.15, -0.1) is 0 Å². The average Bonchev–Trinajstić information content (AvgIpc) is 2.02. The van der Waals surface area contributed by atoms with E-state index in [2.05, 4.69) is 9.98 Å². The summed E-state index contributed by atoms with van der Waals surface area (Å²) in [6.45, 7) is 0.277. The summed E-state index contributed by atoms with van der Waals surface area (Å²) in [6, 6.07) is 0. The van der Waals surface area contributed by atoms with Crippen molar-refractivity contribution in [1.29, 1.82) is 0 Å². The van der Waals surface area contributed by atoms with Crippen LogP contribution in [0.3, 0.4) is 0 Å². The summed E-state index contributed by atoms with van der Waals surface area (Å²) in [5.74, 6) is -0.187. The first kappa shape index (κ1) is 12.2. The number of hydrogen-bond donors (Lipinski definition) is 3. The molecule has 14 heavy (non-hydrogen) atoms. The number of guanidine groups is 2. The highest BCUT2D eigenvalue weighted by Gasteiger charge is 2.01. The monoisotopic (exact) mass is 200 g/mol. The molecule has 0 aliphatic carbocycles. The van der Waals surface area contributed by atoms with Crippen LogP contribution in [0.15, 0.2) is 9.98 Å². The van der Waals surface area contributed by atoms with Crippen molar-refractivity contribution in [2.45, 2.75) is 6.42 Å². The molecule has 0 saturated heterocycles. The van der Waals surface area contributed by atoms with Gasteiger partial charge in [0.1, 0.15) is 0 Å². The first-order chi connectivity index (χ1) is 6.43. The van der Waals surface area contributed by atoms with E-state index in [4.69, 9.17) is 17.2 Å². The van der Waals surface area contributed by atoms with E-state index in [9.17, 15) is 4.79 Å². The average molecular weight is 200 g/mol. The summed E-state index contributed by atoms with van der Waals surface area (Å²) in [5, 5.41) is 0. The van der Waals surface area contributed by atoms with Crippen LogP contribution in [0.1, 0.15) is 6.42 Å². The fourth-order valence-corrected chi connectivity index (χ4v) is 0.657. The van der Waals surface area contributed by atoms with E-state index in [-0.39, 0.29) is 30.8 Å². The Labute approximate surface area is 82.7 Å². The molecule has 0 heterocycles. The highest BCUT2D eigenvalue weighted by Crippen LogP contribution is 1.88. The van der Waals surface area contributed by atoms with Crippen LogP contribution in [-0.4, -0.2) is 43.4 Å². The fraction of sp³-hybridized carbons (Fsp3) is 0.571. The van der Waals surface area contributed by atoms with Crippen molar-refractivity contribution in [3.63, 3.8) is 0 Å². The van der Waals surface area contributed by atoms with Crippen molar-refractivity contribution in [1.82, 2.24) is 4.90 Å². The van der Waals surface area contributed by atoms with Crippen LogP contribution in [0.5, 0.6) is 0 Å². The first-order valence-corrected chi connectivity index (χ1v) is 4.03. The highest BCUT2D eigenvalue weighted by atomic mass is 16.2. The third kappa shape index (κ3) is 5.81. The van der Waals surface area contributed by atoms with Gasteiger partial charge in [0.05, 0.1) is 6.54 Å². The van der Waals surface area contributed by atoms with Crippen molar-refractivity contribution < 1.29 is 4.79 Å². The lowest BCUT2D eigenvalue weighted by molar-refractivity contribution is -0.128. The number of carbonyl (C=O) groups is 1. The van der Waals surface area contributed by atoms with Crippen molar-refractivity contribution in [3.05, 3.63) is 0 Å². The first-order valence-electron chi connectivity index (χ1n) is 4.03. The lowest BCUT2D eigenvalue weighted by Gasteiger charge is -2.07. The van der Waals surface area contributed by atoms with Crippen LogP contribution in [-0.2, 0) is 4.79 Å². The molecular formula is C7H16N6O. The molecule has 0 aromatic carbocycles. The molecule has 0 saturated carbocycles. The Kier molecular flexibility index (Phi) is 5.05. The fourth-order valence-electron chi connectivity index (χ4n) is 0.657. The molecule has 1 amide bonds. The van der Waals surface area contributed by atoms with Gasteiger partial charge in [-0.05, 0) is 0 Å². The largest absolute Gasteiger partial charge is 0.370 e. The quantitative estimate of drug-likeness (QED) is 0.362. The van der Waals surface area contributed by atoms with Crippen LogP contribution in [0.4, 0.5) is 0 Å². The van der Waals surface area contributed by atoms with Gasteiger partial charge >= 0.3 is 0 Å². The van der Waals surface area contributed by atoms with Crippen LogP contribution in [0, 0.1) is 0 Å². The molecular weight excluding hydrogens is 184 g/mol. The summed E-state index contributed by atoms with van der Waals surface area (Å²) < 4.78 is 0. The van der Waals surface area contributed by atoms with Crippen LogP contribution < -0.4 is 17.2 Å². The van der Waals surface area contributed by atoms with Gasteiger partial charge in [0, 0.05) is 20.5 Å². The standard InChI is InChI=1S/C7H16N6O/c1-13(2)5(14)3-4-11-7(10)12-6(8)9/h3-4H2,1-2H3,(H6,8,9,10,11,12). The Morgan fingerprint density at radius 3 is 2.29 bits per heavy atom. The number of hydrogen-bond acceptors (Lipinski definition) is 2. The molecule has 0 aliphatic rings. The number of nitrogens with zero attached hydrogens (tertiary/aromatic N) is 3. The van der Waals surface area contributed by atoms with Gasteiger partial charge in [-0.2, -0.15) is 4.99 Å². The maximum atomic E-state index is 11.1. The summed E-state index contributed by atoms with van der Waals surface area (Å²) in [5.41, 5.74) is 15.4. The molecule has 0 rings (SSSR count). The Bertz CT molecular complexity index is 253. The minimum Gasteiger partial charge on any atom is -0.370 e. The zero-order valence-corrected chi connectivity index (χ0v) is 8.40. The van der Waals surface area contributed by atoms with Crippen molar-refractivity contribution in [2.24, 2.45) is 27.2 Å². The molecule has 7 heteroatoms. The van der Waals surface area contributed by atoms with Gasteiger partial charge < -0.3 is 22.1 Å². The van der Waals surface area contributed by atoms with Crippen molar-refractivity contribution >= 4 is 17.8 Å².